The molecule has 0 heterocycles. The number of nitrogens with one attached hydrogen (secondary N) is 1. The number of hydrogen-bond acceptors (Lipinski definition) is 6. The average molecular weight is 1010 g/mol. The van der Waals surface area contributed by atoms with Crippen molar-refractivity contribution in [3.05, 3.63) is 12.2 Å². The molecule has 0 fully saturated rings. The van der Waals surface area contributed by atoms with Gasteiger partial charge in [-0.05, 0) is 38.5 Å². The highest BCUT2D eigenvalue weighted by Gasteiger charge is 2.24. The van der Waals surface area contributed by atoms with Gasteiger partial charge in [0.1, 0.15) is 13.2 Å². The molecule has 0 aliphatic carbocycles. The summed E-state index contributed by atoms with van der Waals surface area (Å²) in [5, 5.41) is 14.0. The normalized spacial score (nSPS) is 13.9. The van der Waals surface area contributed by atoms with Crippen LogP contribution in [0.2, 0.25) is 0 Å². The van der Waals surface area contributed by atoms with Crippen molar-refractivity contribution in [2.75, 3.05) is 40.9 Å². The van der Waals surface area contributed by atoms with Gasteiger partial charge in [-0.3, -0.25) is 9.36 Å². The number of quaternary nitrogens is 1. The molecular formula is C61H123N2O6P. The second kappa shape index (κ2) is 53.1. The lowest BCUT2D eigenvalue weighted by atomic mass is 10.0. The minimum Gasteiger partial charge on any atom is -0.756 e. The van der Waals surface area contributed by atoms with Crippen LogP contribution in [0, 0.1) is 0 Å². The number of allylic oxidation sites excluding steroid dienone is 2. The number of nitrogens with zero attached hydrogens (tertiary/aromatic N) is 1. The number of aliphatic hydroxyl groups is 1. The molecule has 1 amide bonds. The molecule has 9 heteroatoms. The quantitative estimate of drug-likeness (QED) is 0.0272. The Morgan fingerprint density at radius 1 is 0.486 bits per heavy atom. The number of likely N-dealkylation sites (N-methyl/N-ethyl adjacent to an activating group) is 1. The van der Waals surface area contributed by atoms with Gasteiger partial charge < -0.3 is 28.8 Å². The minimum atomic E-state index is -4.57. The second-order valence-electron chi connectivity index (χ2n) is 22.8. The highest BCUT2D eigenvalue weighted by Crippen LogP contribution is 2.38. The molecule has 70 heavy (non-hydrogen) atoms. The highest BCUT2D eigenvalue weighted by atomic mass is 31.2. The van der Waals surface area contributed by atoms with E-state index in [4.69, 9.17) is 9.05 Å². The molecule has 3 unspecified atom stereocenters. The summed E-state index contributed by atoms with van der Waals surface area (Å²) in [5.41, 5.74) is 0. The third kappa shape index (κ3) is 55.0. The van der Waals surface area contributed by atoms with Crippen LogP contribution < -0.4 is 10.2 Å². The van der Waals surface area contributed by atoms with Gasteiger partial charge in [0.25, 0.3) is 7.82 Å². The number of carbonyl (C=O) groups excluding carboxylic acids is 1. The maximum Gasteiger partial charge on any atom is 0.268 e. The Morgan fingerprint density at radius 3 is 1.11 bits per heavy atom. The van der Waals surface area contributed by atoms with Gasteiger partial charge in [0, 0.05) is 6.42 Å². The lowest BCUT2D eigenvalue weighted by Gasteiger charge is -2.30. The van der Waals surface area contributed by atoms with Crippen LogP contribution >= 0.6 is 7.82 Å². The molecule has 3 atom stereocenters. The third-order valence-corrected chi connectivity index (χ3v) is 15.5. The third-order valence-electron chi connectivity index (χ3n) is 14.5. The SMILES string of the molecule is CCCCCCCCCCCCCC/C=C\CCCCCCCCCCCCCCCCCCC(=O)NC(COP(=O)([O-])OCC[N+](C)(C)C)C(O)CCCCCCCCCCCCCCCCCC. The molecule has 0 aromatic heterocycles. The topological polar surface area (TPSA) is 108 Å². The molecule has 2 N–H and O–H groups in total. The monoisotopic (exact) mass is 1010 g/mol. The number of phosphoric ester groups is 1. The van der Waals surface area contributed by atoms with Gasteiger partial charge in [0.15, 0.2) is 0 Å². The number of hydrogen-bond donors (Lipinski definition) is 2. The summed E-state index contributed by atoms with van der Waals surface area (Å²) in [6, 6.07) is -0.797. The molecule has 0 saturated carbocycles. The van der Waals surface area contributed by atoms with Gasteiger partial charge in [-0.1, -0.05) is 289 Å². The molecule has 0 rings (SSSR count). The van der Waals surface area contributed by atoms with Crippen molar-refractivity contribution >= 4 is 13.7 Å². The van der Waals surface area contributed by atoms with Crippen LogP contribution in [0.5, 0.6) is 0 Å². The van der Waals surface area contributed by atoms with E-state index in [1.165, 1.54) is 257 Å². The van der Waals surface area contributed by atoms with Crippen molar-refractivity contribution in [1.82, 2.24) is 5.32 Å². The van der Waals surface area contributed by atoms with E-state index < -0.39 is 20.0 Å². The van der Waals surface area contributed by atoms with E-state index in [1.54, 1.807) is 0 Å². The van der Waals surface area contributed by atoms with Gasteiger partial charge in [0.2, 0.25) is 5.91 Å². The first-order valence-electron chi connectivity index (χ1n) is 31.0. The van der Waals surface area contributed by atoms with Crippen LogP contribution in [-0.4, -0.2) is 68.5 Å². The molecular weight excluding hydrogens is 888 g/mol. The van der Waals surface area contributed by atoms with Crippen LogP contribution in [0.25, 0.3) is 0 Å². The van der Waals surface area contributed by atoms with Crippen molar-refractivity contribution < 1.29 is 32.9 Å². The van der Waals surface area contributed by atoms with E-state index in [2.05, 4.69) is 31.3 Å². The lowest BCUT2D eigenvalue weighted by molar-refractivity contribution is -0.870. The predicted octanol–water partition coefficient (Wildman–Crippen LogP) is 18.4. The van der Waals surface area contributed by atoms with Gasteiger partial charge in [0.05, 0.1) is 39.9 Å². The zero-order valence-corrected chi connectivity index (χ0v) is 48.6. The van der Waals surface area contributed by atoms with Crippen molar-refractivity contribution in [3.63, 3.8) is 0 Å². The largest absolute Gasteiger partial charge is 0.756 e. The molecule has 0 aliphatic rings. The molecule has 0 aliphatic heterocycles. The Kier molecular flexibility index (Phi) is 52.5. The second-order valence-corrected chi connectivity index (χ2v) is 24.2. The summed E-state index contributed by atoms with van der Waals surface area (Å²) in [5.74, 6) is -0.158. The highest BCUT2D eigenvalue weighted by molar-refractivity contribution is 7.45. The molecule has 418 valence electrons. The van der Waals surface area contributed by atoms with Crippen LogP contribution in [0.15, 0.2) is 12.2 Å². The van der Waals surface area contributed by atoms with Crippen molar-refractivity contribution in [2.45, 2.75) is 334 Å². The fourth-order valence-electron chi connectivity index (χ4n) is 9.63. The number of carbonyl (C=O) groups is 1. The predicted molar refractivity (Wildman–Crippen MR) is 302 cm³/mol. The first-order valence-corrected chi connectivity index (χ1v) is 32.5. The summed E-state index contributed by atoms with van der Waals surface area (Å²) in [6.45, 7) is 4.77. The summed E-state index contributed by atoms with van der Waals surface area (Å²) in [7, 11) is 1.32. The van der Waals surface area contributed by atoms with E-state index in [0.717, 1.165) is 38.5 Å². The summed E-state index contributed by atoms with van der Waals surface area (Å²) >= 11 is 0. The maximum absolute atomic E-state index is 13.0. The van der Waals surface area contributed by atoms with Gasteiger partial charge >= 0.3 is 0 Å². The van der Waals surface area contributed by atoms with Gasteiger partial charge in [-0.15, -0.1) is 0 Å². The Bertz CT molecular complexity index is 1150. The van der Waals surface area contributed by atoms with Gasteiger partial charge in [-0.2, -0.15) is 0 Å². The van der Waals surface area contributed by atoms with E-state index in [9.17, 15) is 19.4 Å². The van der Waals surface area contributed by atoms with Crippen molar-refractivity contribution in [2.24, 2.45) is 0 Å². The fraction of sp³-hybridized carbons (Fsp3) is 0.951. The lowest BCUT2D eigenvalue weighted by Crippen LogP contribution is -2.46. The zero-order chi connectivity index (χ0) is 51.3. The maximum atomic E-state index is 13.0. The van der Waals surface area contributed by atoms with Crippen molar-refractivity contribution in [1.29, 1.82) is 0 Å². The first kappa shape index (κ1) is 69.2. The summed E-state index contributed by atoms with van der Waals surface area (Å²) in [6.07, 6.45) is 65.5. The van der Waals surface area contributed by atoms with Gasteiger partial charge in [-0.25, -0.2) is 0 Å². The molecule has 0 saturated heterocycles. The molecule has 0 spiro atoms. The average Bonchev–Trinajstić information content (AvgIpc) is 3.32. The van der Waals surface area contributed by atoms with Crippen LogP contribution in [-0.2, 0) is 18.4 Å². The van der Waals surface area contributed by atoms with E-state index >= 15 is 0 Å². The van der Waals surface area contributed by atoms with Crippen LogP contribution in [0.1, 0.15) is 322 Å². The Hall–Kier alpha value is -0.760. The molecule has 0 aromatic rings. The van der Waals surface area contributed by atoms with Crippen LogP contribution in [0.4, 0.5) is 0 Å². The summed E-state index contributed by atoms with van der Waals surface area (Å²) < 4.78 is 23.4. The number of phosphoric acid groups is 1. The molecule has 0 aromatic carbocycles. The first-order chi connectivity index (χ1) is 34.0. The minimum absolute atomic E-state index is 0.0153. The molecule has 0 bridgehead atoms. The summed E-state index contributed by atoms with van der Waals surface area (Å²) in [4.78, 5) is 25.5. The number of unbranched alkanes of at least 4 members (excludes halogenated alkanes) is 43. The number of amides is 1. The standard InChI is InChI=1S/C61H123N2O6P/c1-6-8-10-12-14-16-18-20-22-24-25-26-27-28-29-30-31-32-33-34-35-36-37-38-39-41-43-45-47-49-51-53-55-61(65)62-59(58-69-70(66,67)68-57-56-63(3,4)5)60(64)54-52-50-48-46-44-42-40-23-21-19-17-15-13-11-9-7-2/h28-29,59-60,64H,6-27,30-58H2,1-5H3,(H-,62,65,66,67)/b29-28-. The van der Waals surface area contributed by atoms with Crippen molar-refractivity contribution in [3.8, 4) is 0 Å². The number of rotatable bonds is 58. The van der Waals surface area contributed by atoms with Crippen LogP contribution in [0.3, 0.4) is 0 Å². The molecule has 0 radical (unpaired) electrons. The van der Waals surface area contributed by atoms with E-state index in [1.807, 2.05) is 21.1 Å². The smallest absolute Gasteiger partial charge is 0.268 e. The zero-order valence-electron chi connectivity index (χ0n) is 47.8. The van der Waals surface area contributed by atoms with E-state index in [-0.39, 0.29) is 19.1 Å². The number of aliphatic hydroxyl groups excluding tert-OH is 1. The molecule has 8 nitrogen and oxygen atoms in total. The Balaban J connectivity index is 3.99. The fourth-order valence-corrected chi connectivity index (χ4v) is 10.4. The Labute approximate surface area is 437 Å². The Morgan fingerprint density at radius 2 is 0.786 bits per heavy atom. The van der Waals surface area contributed by atoms with E-state index in [0.29, 0.717) is 23.9 Å².